The van der Waals surface area contributed by atoms with E-state index in [2.05, 4.69) is 18.4 Å². The van der Waals surface area contributed by atoms with Crippen LogP contribution < -0.4 is 0 Å². The predicted molar refractivity (Wildman–Crippen MR) is 36.5 cm³/mol. The SMILES string of the molecule is C=CC#CCN(C)C. The van der Waals surface area contributed by atoms with Gasteiger partial charge < -0.3 is 0 Å². The molecule has 0 amide bonds. The van der Waals surface area contributed by atoms with Crippen LogP contribution in [0.5, 0.6) is 0 Å². The quantitative estimate of drug-likeness (QED) is 0.449. The predicted octanol–water partition coefficient (Wildman–Crippen LogP) is 0.737. The van der Waals surface area contributed by atoms with E-state index in [9.17, 15) is 0 Å². The van der Waals surface area contributed by atoms with E-state index in [0.29, 0.717) is 0 Å². The fourth-order valence-electron chi connectivity index (χ4n) is 0.276. The molecular formula is C7H11N. The molecule has 0 heterocycles. The fraction of sp³-hybridized carbons (Fsp3) is 0.429. The molecule has 8 heavy (non-hydrogen) atoms. The van der Waals surface area contributed by atoms with E-state index in [-0.39, 0.29) is 0 Å². The first-order chi connectivity index (χ1) is 3.77. The molecule has 0 aromatic heterocycles. The molecule has 0 bridgehead atoms. The minimum Gasteiger partial charge on any atom is -0.299 e. The summed E-state index contributed by atoms with van der Waals surface area (Å²) in [5, 5.41) is 0. The van der Waals surface area contributed by atoms with E-state index in [1.54, 1.807) is 6.08 Å². The van der Waals surface area contributed by atoms with Crippen LogP contribution in [0.15, 0.2) is 12.7 Å². The summed E-state index contributed by atoms with van der Waals surface area (Å²) in [5.74, 6) is 5.64. The van der Waals surface area contributed by atoms with Gasteiger partial charge >= 0.3 is 0 Å². The van der Waals surface area contributed by atoms with Gasteiger partial charge in [0.25, 0.3) is 0 Å². The summed E-state index contributed by atoms with van der Waals surface area (Å²) < 4.78 is 0. The molecule has 0 aromatic rings. The van der Waals surface area contributed by atoms with Crippen molar-refractivity contribution in [3.05, 3.63) is 12.7 Å². The number of rotatable bonds is 1. The van der Waals surface area contributed by atoms with Crippen LogP contribution in [0.25, 0.3) is 0 Å². The topological polar surface area (TPSA) is 3.24 Å². The normalized spacial score (nSPS) is 7.88. The van der Waals surface area contributed by atoms with Gasteiger partial charge in [-0.15, -0.1) is 0 Å². The lowest BCUT2D eigenvalue weighted by Crippen LogP contribution is -2.10. The minimum atomic E-state index is 0.812. The monoisotopic (exact) mass is 109 g/mol. The number of allylic oxidation sites excluding steroid dienone is 1. The standard InChI is InChI=1S/C7H11N/c1-4-5-6-7-8(2)3/h4H,1,7H2,2-3H3. The molecule has 44 valence electrons. The van der Waals surface area contributed by atoms with Crippen molar-refractivity contribution in [2.24, 2.45) is 0 Å². The second-order valence-electron chi connectivity index (χ2n) is 1.76. The van der Waals surface area contributed by atoms with Crippen molar-refractivity contribution in [3.63, 3.8) is 0 Å². The average molecular weight is 109 g/mol. The second-order valence-corrected chi connectivity index (χ2v) is 1.76. The van der Waals surface area contributed by atoms with Gasteiger partial charge in [-0.05, 0) is 20.2 Å². The molecule has 0 aliphatic rings. The maximum Gasteiger partial charge on any atom is 0.0600 e. The lowest BCUT2D eigenvalue weighted by atomic mass is 10.5. The zero-order valence-corrected chi connectivity index (χ0v) is 5.44. The largest absolute Gasteiger partial charge is 0.299 e. The highest BCUT2D eigenvalue weighted by Crippen LogP contribution is 1.67. The van der Waals surface area contributed by atoms with Crippen molar-refractivity contribution < 1.29 is 0 Å². The molecule has 1 nitrogen and oxygen atoms in total. The molecule has 0 fully saturated rings. The van der Waals surface area contributed by atoms with Crippen LogP contribution in [0.3, 0.4) is 0 Å². The first-order valence-electron chi connectivity index (χ1n) is 2.51. The van der Waals surface area contributed by atoms with Crippen molar-refractivity contribution in [3.8, 4) is 11.8 Å². The van der Waals surface area contributed by atoms with Gasteiger partial charge in [0.05, 0.1) is 6.54 Å². The van der Waals surface area contributed by atoms with Gasteiger partial charge in [-0.25, -0.2) is 0 Å². The lowest BCUT2D eigenvalue weighted by molar-refractivity contribution is 0.464. The van der Waals surface area contributed by atoms with Gasteiger partial charge in [-0.2, -0.15) is 0 Å². The molecule has 0 spiro atoms. The molecule has 0 atom stereocenters. The highest BCUT2D eigenvalue weighted by Gasteiger charge is 1.77. The van der Waals surface area contributed by atoms with Crippen molar-refractivity contribution in [2.45, 2.75) is 0 Å². The van der Waals surface area contributed by atoms with Crippen LogP contribution in [0, 0.1) is 11.8 Å². The molecular weight excluding hydrogens is 98.1 g/mol. The first kappa shape index (κ1) is 7.26. The van der Waals surface area contributed by atoms with Crippen molar-refractivity contribution in [1.82, 2.24) is 4.90 Å². The Morgan fingerprint density at radius 2 is 2.25 bits per heavy atom. The molecule has 0 rings (SSSR count). The third-order valence-corrected chi connectivity index (χ3v) is 0.599. The molecule has 0 aromatic carbocycles. The third-order valence-electron chi connectivity index (χ3n) is 0.599. The smallest absolute Gasteiger partial charge is 0.0600 e. The van der Waals surface area contributed by atoms with Crippen molar-refractivity contribution in [2.75, 3.05) is 20.6 Å². The Labute approximate surface area is 51.0 Å². The Bertz CT molecular complexity index is 114. The van der Waals surface area contributed by atoms with Gasteiger partial charge in [0, 0.05) is 0 Å². The highest BCUT2D eigenvalue weighted by molar-refractivity contribution is 5.12. The number of nitrogens with zero attached hydrogens (tertiary/aromatic N) is 1. The number of hydrogen-bond acceptors (Lipinski definition) is 1. The van der Waals surface area contributed by atoms with Crippen LogP contribution in [0.2, 0.25) is 0 Å². The Morgan fingerprint density at radius 1 is 1.62 bits per heavy atom. The van der Waals surface area contributed by atoms with Crippen molar-refractivity contribution >= 4 is 0 Å². The number of hydrogen-bond donors (Lipinski definition) is 0. The van der Waals surface area contributed by atoms with E-state index in [0.717, 1.165) is 6.54 Å². The summed E-state index contributed by atoms with van der Waals surface area (Å²) in [6.07, 6.45) is 1.60. The van der Waals surface area contributed by atoms with Gasteiger partial charge in [-0.1, -0.05) is 18.4 Å². The summed E-state index contributed by atoms with van der Waals surface area (Å²) in [6.45, 7) is 4.28. The fourth-order valence-corrected chi connectivity index (χ4v) is 0.276. The second kappa shape index (κ2) is 4.42. The van der Waals surface area contributed by atoms with Gasteiger partial charge in [0.1, 0.15) is 0 Å². The summed E-state index contributed by atoms with van der Waals surface area (Å²) in [4.78, 5) is 2.01. The maximum atomic E-state index is 3.47. The maximum absolute atomic E-state index is 3.47. The van der Waals surface area contributed by atoms with Crippen LogP contribution in [-0.4, -0.2) is 25.5 Å². The molecule has 0 aliphatic heterocycles. The van der Waals surface area contributed by atoms with Crippen LogP contribution in [-0.2, 0) is 0 Å². The van der Waals surface area contributed by atoms with E-state index in [1.165, 1.54) is 0 Å². The molecule has 0 N–H and O–H groups in total. The Hall–Kier alpha value is -0.740. The first-order valence-corrected chi connectivity index (χ1v) is 2.51. The van der Waals surface area contributed by atoms with Gasteiger partial charge in [0.15, 0.2) is 0 Å². The average Bonchev–Trinajstić information content (AvgIpc) is 1.66. The van der Waals surface area contributed by atoms with Gasteiger partial charge in [0.2, 0.25) is 0 Å². The van der Waals surface area contributed by atoms with E-state index in [1.807, 2.05) is 19.0 Å². The third kappa shape index (κ3) is 5.26. The molecule has 0 unspecified atom stereocenters. The van der Waals surface area contributed by atoms with E-state index in [4.69, 9.17) is 0 Å². The highest BCUT2D eigenvalue weighted by atomic mass is 15.0. The summed E-state index contributed by atoms with van der Waals surface area (Å²) >= 11 is 0. The zero-order valence-electron chi connectivity index (χ0n) is 5.44. The summed E-state index contributed by atoms with van der Waals surface area (Å²) in [6, 6.07) is 0. The summed E-state index contributed by atoms with van der Waals surface area (Å²) in [7, 11) is 3.97. The Morgan fingerprint density at radius 3 is 2.62 bits per heavy atom. The van der Waals surface area contributed by atoms with Crippen LogP contribution in [0.1, 0.15) is 0 Å². The molecule has 0 saturated carbocycles. The zero-order chi connectivity index (χ0) is 6.41. The Kier molecular flexibility index (Phi) is 4.01. The molecule has 0 radical (unpaired) electrons. The minimum absolute atomic E-state index is 0.812. The Balaban J connectivity index is 3.28. The van der Waals surface area contributed by atoms with E-state index >= 15 is 0 Å². The molecule has 1 heteroatoms. The van der Waals surface area contributed by atoms with Crippen LogP contribution in [0.4, 0.5) is 0 Å². The van der Waals surface area contributed by atoms with Gasteiger partial charge in [-0.3, -0.25) is 4.90 Å². The molecule has 0 saturated heterocycles. The van der Waals surface area contributed by atoms with Crippen LogP contribution >= 0.6 is 0 Å². The lowest BCUT2D eigenvalue weighted by Gasteiger charge is -1.99. The molecule has 0 aliphatic carbocycles. The van der Waals surface area contributed by atoms with E-state index < -0.39 is 0 Å². The van der Waals surface area contributed by atoms with Crippen molar-refractivity contribution in [1.29, 1.82) is 0 Å². The summed E-state index contributed by atoms with van der Waals surface area (Å²) in [5.41, 5.74) is 0.